The molecule has 5 aliphatic rings. The van der Waals surface area contributed by atoms with Crippen LogP contribution >= 0.6 is 0 Å². The van der Waals surface area contributed by atoms with Gasteiger partial charge in [-0.25, -0.2) is 4.79 Å². The summed E-state index contributed by atoms with van der Waals surface area (Å²) < 4.78 is 0. The summed E-state index contributed by atoms with van der Waals surface area (Å²) >= 11 is 0. The van der Waals surface area contributed by atoms with Gasteiger partial charge in [-0.05, 0) is 92.5 Å². The van der Waals surface area contributed by atoms with Gasteiger partial charge in [0.25, 0.3) is 5.91 Å². The number of nitrogens with one attached hydrogen (secondary N) is 2. The first-order chi connectivity index (χ1) is 16.7. The number of urea groups is 1. The predicted molar refractivity (Wildman–Crippen MR) is 141 cm³/mol. The van der Waals surface area contributed by atoms with Gasteiger partial charge in [0.2, 0.25) is 0 Å². The Labute approximate surface area is 211 Å². The summed E-state index contributed by atoms with van der Waals surface area (Å²) in [5, 5.41) is 6.44. The van der Waals surface area contributed by atoms with E-state index in [9.17, 15) is 9.59 Å². The molecule has 4 saturated carbocycles. The molecule has 1 aromatic carbocycles. The average Bonchev–Trinajstić information content (AvgIpc) is 2.77. The molecule has 35 heavy (non-hydrogen) atoms. The van der Waals surface area contributed by atoms with Crippen LogP contribution in [0.1, 0.15) is 88.9 Å². The van der Waals surface area contributed by atoms with E-state index in [1.807, 2.05) is 29.2 Å². The highest BCUT2D eigenvalue weighted by Crippen LogP contribution is 2.66. The smallest absolute Gasteiger partial charge is 0.319 e. The molecule has 0 spiro atoms. The van der Waals surface area contributed by atoms with Crippen LogP contribution in [-0.2, 0) is 0 Å². The topological polar surface area (TPSA) is 64.7 Å². The molecule has 1 heterocycles. The van der Waals surface area contributed by atoms with Gasteiger partial charge in [0.15, 0.2) is 0 Å². The standard InChI is InChI=1S/C29H44N4O2/c1-4-5-6-11-32-12-14-33(15-13-32)25(34)23-7-9-24(10-8-23)30-26(35)31-29-18-22-16-27(2,20-29)19-28(3,17-22)21-29/h7-10,22H,4-6,11-21H2,1-3H3,(H2,30,31,35)/t22?,27-,28+,29?. The maximum Gasteiger partial charge on any atom is 0.319 e. The number of hydrogen-bond acceptors (Lipinski definition) is 3. The second-order valence-electron chi connectivity index (χ2n) is 12.9. The van der Waals surface area contributed by atoms with Crippen molar-refractivity contribution in [2.75, 3.05) is 38.0 Å². The second kappa shape index (κ2) is 9.42. The van der Waals surface area contributed by atoms with Gasteiger partial charge in [-0.3, -0.25) is 9.69 Å². The first kappa shape index (κ1) is 24.6. The lowest BCUT2D eigenvalue weighted by Crippen LogP contribution is -2.65. The number of carbonyl (C=O) groups excluding carboxylic acids is 2. The van der Waals surface area contributed by atoms with Crippen LogP contribution in [-0.4, -0.2) is 60.0 Å². The monoisotopic (exact) mass is 480 g/mol. The molecule has 0 aromatic heterocycles. The quantitative estimate of drug-likeness (QED) is 0.506. The van der Waals surface area contributed by atoms with Crippen molar-refractivity contribution in [3.63, 3.8) is 0 Å². The number of amides is 3. The van der Waals surface area contributed by atoms with Gasteiger partial charge >= 0.3 is 6.03 Å². The van der Waals surface area contributed by atoms with Crippen molar-refractivity contribution in [3.05, 3.63) is 29.8 Å². The number of carbonyl (C=O) groups is 2. The molecule has 5 fully saturated rings. The van der Waals surface area contributed by atoms with Crippen molar-refractivity contribution in [1.29, 1.82) is 0 Å². The fraction of sp³-hybridized carbons (Fsp3) is 0.724. The Balaban J connectivity index is 1.13. The zero-order valence-electron chi connectivity index (χ0n) is 22.0. The summed E-state index contributed by atoms with van der Waals surface area (Å²) in [5.74, 6) is 0.828. The zero-order chi connectivity index (χ0) is 24.7. The van der Waals surface area contributed by atoms with Gasteiger partial charge in [-0.15, -0.1) is 0 Å². The Hall–Kier alpha value is -2.08. The number of rotatable bonds is 7. The van der Waals surface area contributed by atoms with Gasteiger partial charge in [0.05, 0.1) is 0 Å². The molecule has 1 saturated heterocycles. The first-order valence-electron chi connectivity index (χ1n) is 13.9. The Kier molecular flexibility index (Phi) is 6.62. The summed E-state index contributed by atoms with van der Waals surface area (Å²) in [5.41, 5.74) is 2.09. The Bertz CT molecular complexity index is 919. The maximum absolute atomic E-state index is 13.0. The number of nitrogens with zero attached hydrogens (tertiary/aromatic N) is 2. The Morgan fingerprint density at radius 1 is 0.914 bits per heavy atom. The van der Waals surface area contributed by atoms with Crippen molar-refractivity contribution >= 4 is 17.6 Å². The number of benzene rings is 1. The second-order valence-corrected chi connectivity index (χ2v) is 12.9. The van der Waals surface area contributed by atoms with E-state index in [-0.39, 0.29) is 17.5 Å². The SMILES string of the molecule is CCCCCN1CCN(C(=O)c2ccc(NC(=O)NC34CC5C[C@@](C)(C3)C[C@](C)(C5)C4)cc2)CC1. The Morgan fingerprint density at radius 3 is 2.17 bits per heavy atom. The van der Waals surface area contributed by atoms with Crippen molar-refractivity contribution in [1.82, 2.24) is 15.1 Å². The van der Waals surface area contributed by atoms with E-state index < -0.39 is 0 Å². The van der Waals surface area contributed by atoms with E-state index in [1.165, 1.54) is 38.5 Å². The molecule has 4 bridgehead atoms. The first-order valence-corrected chi connectivity index (χ1v) is 13.9. The van der Waals surface area contributed by atoms with Gasteiger partial charge in [0.1, 0.15) is 0 Å². The largest absolute Gasteiger partial charge is 0.336 e. The maximum atomic E-state index is 13.0. The minimum Gasteiger partial charge on any atom is -0.336 e. The van der Waals surface area contributed by atoms with Crippen LogP contribution in [0.5, 0.6) is 0 Å². The molecule has 192 valence electrons. The molecular weight excluding hydrogens is 436 g/mol. The van der Waals surface area contributed by atoms with Crippen LogP contribution in [0.25, 0.3) is 0 Å². The number of unbranched alkanes of at least 4 members (excludes halogenated alkanes) is 2. The summed E-state index contributed by atoms with van der Waals surface area (Å²) in [7, 11) is 0. The molecule has 2 unspecified atom stereocenters. The molecule has 6 nitrogen and oxygen atoms in total. The van der Waals surface area contributed by atoms with Crippen molar-refractivity contribution in [2.45, 2.75) is 84.1 Å². The minimum atomic E-state index is -0.113. The fourth-order valence-electron chi connectivity index (χ4n) is 8.63. The third kappa shape index (κ3) is 5.37. The molecule has 6 rings (SSSR count). The molecule has 0 radical (unpaired) electrons. The van der Waals surface area contributed by atoms with Crippen molar-refractivity contribution in [3.8, 4) is 0 Å². The number of anilines is 1. The van der Waals surface area contributed by atoms with Gasteiger partial charge < -0.3 is 15.5 Å². The van der Waals surface area contributed by atoms with Crippen LogP contribution in [0, 0.1) is 16.7 Å². The lowest BCUT2D eigenvalue weighted by atomic mass is 9.43. The zero-order valence-corrected chi connectivity index (χ0v) is 22.0. The summed E-state index contributed by atoms with van der Waals surface area (Å²) in [6, 6.07) is 7.29. The average molecular weight is 481 g/mol. The normalized spacial score (nSPS) is 34.1. The highest BCUT2D eigenvalue weighted by Gasteiger charge is 2.60. The van der Waals surface area contributed by atoms with Crippen LogP contribution in [0.2, 0.25) is 0 Å². The van der Waals surface area contributed by atoms with Crippen LogP contribution in [0.15, 0.2) is 24.3 Å². The van der Waals surface area contributed by atoms with Crippen molar-refractivity contribution < 1.29 is 9.59 Å². The predicted octanol–water partition coefficient (Wildman–Crippen LogP) is 5.51. The highest BCUT2D eigenvalue weighted by molar-refractivity contribution is 5.95. The Morgan fingerprint density at radius 2 is 1.57 bits per heavy atom. The van der Waals surface area contributed by atoms with Gasteiger partial charge in [0, 0.05) is 43.0 Å². The summed E-state index contributed by atoms with van der Waals surface area (Å²) in [4.78, 5) is 30.4. The highest BCUT2D eigenvalue weighted by atomic mass is 16.2. The molecule has 4 atom stereocenters. The lowest BCUT2D eigenvalue weighted by Gasteiger charge is -2.65. The molecule has 4 aliphatic carbocycles. The molecule has 1 aromatic rings. The fourth-order valence-corrected chi connectivity index (χ4v) is 8.63. The molecule has 2 N–H and O–H groups in total. The molecule has 3 amide bonds. The van der Waals surface area contributed by atoms with E-state index in [2.05, 4.69) is 36.3 Å². The molecule has 6 heteroatoms. The van der Waals surface area contributed by atoms with Gasteiger partial charge in [-0.2, -0.15) is 0 Å². The van der Waals surface area contributed by atoms with Crippen molar-refractivity contribution in [2.24, 2.45) is 16.7 Å². The van der Waals surface area contributed by atoms with Crippen LogP contribution in [0.3, 0.4) is 0 Å². The van der Waals surface area contributed by atoms with Gasteiger partial charge in [-0.1, -0.05) is 33.6 Å². The molecule has 1 aliphatic heterocycles. The summed E-state index contributed by atoms with van der Waals surface area (Å²) in [6.45, 7) is 11.7. The molecular formula is C29H44N4O2. The van der Waals surface area contributed by atoms with E-state index >= 15 is 0 Å². The van der Waals surface area contributed by atoms with E-state index in [4.69, 9.17) is 0 Å². The number of piperazine rings is 1. The van der Waals surface area contributed by atoms with Crippen LogP contribution < -0.4 is 10.6 Å². The van der Waals surface area contributed by atoms with E-state index in [0.29, 0.717) is 16.4 Å². The lowest BCUT2D eigenvalue weighted by molar-refractivity contribution is -0.113. The van der Waals surface area contributed by atoms with Crippen LogP contribution in [0.4, 0.5) is 10.5 Å². The third-order valence-electron chi connectivity index (χ3n) is 9.13. The van der Waals surface area contributed by atoms with E-state index in [1.54, 1.807) is 0 Å². The van der Waals surface area contributed by atoms with E-state index in [0.717, 1.165) is 63.6 Å². The number of hydrogen-bond donors (Lipinski definition) is 2. The third-order valence-corrected chi connectivity index (χ3v) is 9.13. The summed E-state index contributed by atoms with van der Waals surface area (Å²) in [6.07, 6.45) is 11.0. The minimum absolute atomic E-state index is 0.0679.